The number of hydrogen-bond acceptors (Lipinski definition) is 5. The van der Waals surface area contributed by atoms with E-state index in [2.05, 4.69) is 30.8 Å². The summed E-state index contributed by atoms with van der Waals surface area (Å²) in [6.07, 6.45) is 3.85. The molecule has 0 bridgehead atoms. The van der Waals surface area contributed by atoms with E-state index < -0.39 is 11.8 Å². The molecule has 1 fully saturated rings. The number of nitrogens with zero attached hydrogens (tertiary/aromatic N) is 2. The third-order valence-corrected chi connectivity index (χ3v) is 6.44. The van der Waals surface area contributed by atoms with E-state index in [0.29, 0.717) is 30.1 Å². The van der Waals surface area contributed by atoms with Crippen LogP contribution in [0.15, 0.2) is 72.8 Å². The van der Waals surface area contributed by atoms with Crippen LogP contribution in [-0.2, 0) is 22.6 Å². The van der Waals surface area contributed by atoms with Crippen molar-refractivity contribution < 1.29 is 19.1 Å². The van der Waals surface area contributed by atoms with Gasteiger partial charge in [0.15, 0.2) is 16.6 Å². The zero-order valence-corrected chi connectivity index (χ0v) is 20.7. The molecule has 0 unspecified atom stereocenters. The fraction of sp³-hybridized carbons (Fsp3) is 0.179. The molecule has 3 aromatic rings. The van der Waals surface area contributed by atoms with Crippen LogP contribution in [0.25, 0.3) is 16.8 Å². The summed E-state index contributed by atoms with van der Waals surface area (Å²) in [7, 11) is 4.66. The number of hydrogen-bond donors (Lipinski definition) is 0. The molecule has 0 atom stereocenters. The number of benzene rings is 3. The average Bonchev–Trinajstić information content (AvgIpc) is 2.88. The first-order valence-corrected chi connectivity index (χ1v) is 11.5. The Kier molecular flexibility index (Phi) is 6.98. The van der Waals surface area contributed by atoms with Gasteiger partial charge in [-0.3, -0.25) is 19.4 Å². The third-order valence-electron chi connectivity index (χ3n) is 5.89. The van der Waals surface area contributed by atoms with Crippen molar-refractivity contribution >= 4 is 46.0 Å². The lowest BCUT2D eigenvalue weighted by atomic mass is 10.0. The van der Waals surface area contributed by atoms with E-state index in [1.54, 1.807) is 39.4 Å². The second-order valence-corrected chi connectivity index (χ2v) is 8.61. The Morgan fingerprint density at radius 3 is 2.31 bits per heavy atom. The molecule has 1 heterocycles. The minimum atomic E-state index is -0.445. The topological polar surface area (TPSA) is 59.1 Å². The summed E-state index contributed by atoms with van der Waals surface area (Å²) in [5.41, 5.74) is 2.53. The number of allylic oxidation sites excluding steroid dienone is 1. The van der Waals surface area contributed by atoms with Crippen molar-refractivity contribution in [3.05, 3.63) is 89.5 Å². The van der Waals surface area contributed by atoms with Crippen LogP contribution in [-0.4, -0.2) is 47.9 Å². The molecule has 1 aliphatic rings. The van der Waals surface area contributed by atoms with Gasteiger partial charge in [0.05, 0.1) is 7.11 Å². The Morgan fingerprint density at radius 1 is 0.971 bits per heavy atom. The lowest BCUT2D eigenvalue weighted by molar-refractivity contribution is -0.132. The van der Waals surface area contributed by atoms with Crippen LogP contribution in [0.5, 0.6) is 11.5 Å². The van der Waals surface area contributed by atoms with Gasteiger partial charge >= 0.3 is 0 Å². The largest absolute Gasteiger partial charge is 0.493 e. The molecule has 2 amide bonds. The van der Waals surface area contributed by atoms with Gasteiger partial charge in [0.25, 0.3) is 11.8 Å². The number of fused-ring (bicyclic) bond motifs is 1. The Morgan fingerprint density at radius 2 is 1.66 bits per heavy atom. The molecule has 0 radical (unpaired) electrons. The van der Waals surface area contributed by atoms with Crippen LogP contribution >= 0.6 is 12.2 Å². The zero-order valence-electron chi connectivity index (χ0n) is 19.9. The Labute approximate surface area is 210 Å². The van der Waals surface area contributed by atoms with Crippen molar-refractivity contribution in [3.8, 4) is 11.5 Å². The second-order valence-electron chi connectivity index (χ2n) is 8.24. The quantitative estimate of drug-likeness (QED) is 0.209. The fourth-order valence-electron chi connectivity index (χ4n) is 4.02. The van der Waals surface area contributed by atoms with Crippen molar-refractivity contribution in [1.29, 1.82) is 0 Å². The Balaban J connectivity index is 1.68. The van der Waals surface area contributed by atoms with Gasteiger partial charge in [-0.05, 0) is 64.8 Å². The molecule has 7 heteroatoms. The molecular weight excluding hydrogens is 460 g/mol. The molecule has 178 valence electrons. The van der Waals surface area contributed by atoms with E-state index in [1.807, 2.05) is 24.3 Å². The first-order chi connectivity index (χ1) is 16.8. The van der Waals surface area contributed by atoms with Gasteiger partial charge in [-0.25, -0.2) is 0 Å². The predicted octanol–water partition coefficient (Wildman–Crippen LogP) is 4.75. The van der Waals surface area contributed by atoms with Crippen molar-refractivity contribution in [3.63, 3.8) is 0 Å². The zero-order chi connectivity index (χ0) is 25.1. The summed E-state index contributed by atoms with van der Waals surface area (Å²) in [5.74, 6) is 0.210. The number of methoxy groups -OCH3 is 1. The highest BCUT2D eigenvalue weighted by atomic mass is 32.1. The summed E-state index contributed by atoms with van der Waals surface area (Å²) >= 11 is 5.17. The van der Waals surface area contributed by atoms with Crippen LogP contribution in [0.2, 0.25) is 0 Å². The van der Waals surface area contributed by atoms with Gasteiger partial charge in [0.1, 0.15) is 12.2 Å². The third kappa shape index (κ3) is 4.81. The molecule has 0 aliphatic carbocycles. The molecule has 0 aromatic heterocycles. The van der Waals surface area contributed by atoms with E-state index >= 15 is 0 Å². The van der Waals surface area contributed by atoms with Crippen LogP contribution in [0, 0.1) is 0 Å². The highest BCUT2D eigenvalue weighted by Gasteiger charge is 2.35. The maximum atomic E-state index is 12.7. The maximum Gasteiger partial charge on any atom is 0.265 e. The standard InChI is InChI=1S/C28H26N2O4S/c1-5-8-22-14-19(15-23-26(31)29(2)28(35)30(3)27(23)32)16-24(33-4)25(22)34-17-18-11-12-20-9-6-7-10-21(20)13-18/h5-7,9-16H,1,8,17H2,2-4H3. The average molecular weight is 487 g/mol. The summed E-state index contributed by atoms with van der Waals surface area (Å²) in [6.45, 7) is 4.21. The number of thiocarbonyl (C=S) groups is 1. The van der Waals surface area contributed by atoms with Crippen LogP contribution in [0.1, 0.15) is 16.7 Å². The summed E-state index contributed by atoms with van der Waals surface area (Å²) < 4.78 is 11.9. The molecule has 35 heavy (non-hydrogen) atoms. The Hall–Kier alpha value is -3.97. The lowest BCUT2D eigenvalue weighted by Crippen LogP contribution is -2.52. The second kappa shape index (κ2) is 10.1. The first-order valence-electron chi connectivity index (χ1n) is 11.1. The van der Waals surface area contributed by atoms with Crippen molar-refractivity contribution in [1.82, 2.24) is 9.80 Å². The normalized spacial score (nSPS) is 13.9. The van der Waals surface area contributed by atoms with Crippen molar-refractivity contribution in [2.75, 3.05) is 21.2 Å². The number of ether oxygens (including phenoxy) is 2. The molecule has 0 spiro atoms. The summed E-state index contributed by atoms with van der Waals surface area (Å²) in [5, 5.41) is 2.48. The predicted molar refractivity (Wildman–Crippen MR) is 141 cm³/mol. The molecule has 1 aliphatic heterocycles. The molecule has 0 saturated carbocycles. The van der Waals surface area contributed by atoms with Gasteiger partial charge in [0, 0.05) is 19.7 Å². The number of rotatable bonds is 7. The number of carbonyl (C=O) groups is 2. The SMILES string of the molecule is C=CCc1cc(C=C2C(=O)N(C)C(=S)N(C)C2=O)cc(OC)c1OCc1ccc2ccccc2c1. The van der Waals surface area contributed by atoms with E-state index in [9.17, 15) is 9.59 Å². The minimum absolute atomic E-state index is 0.0278. The van der Waals surface area contributed by atoms with Gasteiger partial charge in [-0.2, -0.15) is 0 Å². The molecule has 1 saturated heterocycles. The van der Waals surface area contributed by atoms with Crippen LogP contribution in [0.4, 0.5) is 0 Å². The molecule has 6 nitrogen and oxygen atoms in total. The minimum Gasteiger partial charge on any atom is -0.493 e. The van der Waals surface area contributed by atoms with Gasteiger partial charge < -0.3 is 9.47 Å². The smallest absolute Gasteiger partial charge is 0.265 e. The van der Waals surface area contributed by atoms with Gasteiger partial charge in [0.2, 0.25) is 0 Å². The number of likely N-dealkylation sites (N-methyl/N-ethyl adjacent to an activating group) is 2. The van der Waals surface area contributed by atoms with E-state index in [-0.39, 0.29) is 10.7 Å². The lowest BCUT2D eigenvalue weighted by Gasteiger charge is -2.31. The maximum absolute atomic E-state index is 12.7. The van der Waals surface area contributed by atoms with Crippen molar-refractivity contribution in [2.45, 2.75) is 13.0 Å². The highest BCUT2D eigenvalue weighted by Crippen LogP contribution is 2.35. The van der Waals surface area contributed by atoms with E-state index in [4.69, 9.17) is 21.7 Å². The van der Waals surface area contributed by atoms with Crippen LogP contribution < -0.4 is 9.47 Å². The van der Waals surface area contributed by atoms with Gasteiger partial charge in [-0.1, -0.05) is 42.5 Å². The van der Waals surface area contributed by atoms with Crippen molar-refractivity contribution in [2.24, 2.45) is 0 Å². The molecular formula is C28H26N2O4S. The number of carbonyl (C=O) groups excluding carboxylic acids is 2. The highest BCUT2D eigenvalue weighted by molar-refractivity contribution is 7.80. The molecule has 4 rings (SSSR count). The molecule has 0 N–H and O–H groups in total. The Bertz CT molecular complexity index is 1350. The van der Waals surface area contributed by atoms with E-state index in [1.165, 1.54) is 15.2 Å². The van der Waals surface area contributed by atoms with E-state index in [0.717, 1.165) is 16.5 Å². The van der Waals surface area contributed by atoms with Crippen LogP contribution in [0.3, 0.4) is 0 Å². The molecule has 3 aromatic carbocycles. The summed E-state index contributed by atoms with van der Waals surface area (Å²) in [6, 6.07) is 18.0. The first kappa shape index (κ1) is 24.2. The monoisotopic (exact) mass is 486 g/mol. The fourth-order valence-corrected chi connectivity index (χ4v) is 4.18. The van der Waals surface area contributed by atoms with Gasteiger partial charge in [-0.15, -0.1) is 6.58 Å². The summed E-state index contributed by atoms with van der Waals surface area (Å²) in [4.78, 5) is 28.0. The number of amides is 2.